The zero-order valence-electron chi connectivity index (χ0n) is 7.12. The van der Waals surface area contributed by atoms with Crippen molar-refractivity contribution in [2.75, 3.05) is 0 Å². The van der Waals surface area contributed by atoms with Crippen LogP contribution in [0.15, 0.2) is 18.4 Å². The number of dihydropyridines is 1. The van der Waals surface area contributed by atoms with Gasteiger partial charge >= 0.3 is 0 Å². The molecule has 0 bridgehead atoms. The van der Waals surface area contributed by atoms with Crippen molar-refractivity contribution in [1.82, 2.24) is 5.32 Å². The van der Waals surface area contributed by atoms with E-state index in [4.69, 9.17) is 4.74 Å². The molecule has 0 aromatic carbocycles. The average molecular weight is 164 g/mol. The summed E-state index contributed by atoms with van der Waals surface area (Å²) in [7, 11) is 0. The second-order valence-electron chi connectivity index (χ2n) is 3.30. The number of ether oxygens (including phenoxy) is 1. The van der Waals surface area contributed by atoms with Gasteiger partial charge in [0, 0.05) is 6.20 Å². The van der Waals surface area contributed by atoms with Crippen LogP contribution in [-0.2, 0) is 4.74 Å². The van der Waals surface area contributed by atoms with Crippen LogP contribution in [0.3, 0.4) is 0 Å². The molecule has 0 aromatic rings. The molecule has 2 rings (SSSR count). The van der Waals surface area contributed by atoms with Gasteiger partial charge in [-0.2, -0.15) is 0 Å². The third-order valence-corrected chi connectivity index (χ3v) is 2.34. The molecule has 0 aromatic heterocycles. The Morgan fingerprint density at radius 1 is 1.33 bits per heavy atom. The summed E-state index contributed by atoms with van der Waals surface area (Å²) >= 11 is 0. The van der Waals surface area contributed by atoms with Crippen molar-refractivity contribution in [1.29, 1.82) is 0 Å². The summed E-state index contributed by atoms with van der Waals surface area (Å²) < 4.78 is 5.78. The molecule has 2 heteroatoms. The lowest BCUT2D eigenvalue weighted by Crippen LogP contribution is -2.30. The lowest BCUT2D eigenvalue weighted by atomic mass is 10.3. The third kappa shape index (κ3) is 1.89. The number of rotatable bonds is 2. The summed E-state index contributed by atoms with van der Waals surface area (Å²) in [5.74, 6) is 0. The summed E-state index contributed by atoms with van der Waals surface area (Å²) in [6, 6.07) is 0. The topological polar surface area (TPSA) is 21.3 Å². The molecule has 1 saturated carbocycles. The highest BCUT2D eigenvalue weighted by molar-refractivity contribution is 5.04. The first-order valence-electron chi connectivity index (χ1n) is 4.61. The minimum absolute atomic E-state index is 0.0781. The predicted octanol–water partition coefficient (Wildman–Crippen LogP) is 1.75. The average Bonchev–Trinajstić information content (AvgIpc) is 2.59. The van der Waals surface area contributed by atoms with Gasteiger partial charge in [0.1, 0.15) is 6.23 Å². The van der Waals surface area contributed by atoms with Crippen LogP contribution in [0.1, 0.15) is 25.7 Å². The Kier molecular flexibility index (Phi) is 2.47. The minimum atomic E-state index is 0.0781. The third-order valence-electron chi connectivity index (χ3n) is 2.34. The van der Waals surface area contributed by atoms with Gasteiger partial charge in [0.15, 0.2) is 0 Å². The zero-order valence-corrected chi connectivity index (χ0v) is 7.12. The van der Waals surface area contributed by atoms with Crippen LogP contribution in [0.4, 0.5) is 0 Å². The van der Waals surface area contributed by atoms with E-state index in [1.54, 1.807) is 6.20 Å². The van der Waals surface area contributed by atoms with Crippen LogP contribution in [-0.4, -0.2) is 12.3 Å². The Labute approximate surface area is 73.3 Å². The number of nitrogens with one attached hydrogen (secondary N) is 1. The number of hydrogen-bond acceptors (Lipinski definition) is 2. The summed E-state index contributed by atoms with van der Waals surface area (Å²) in [6.07, 6.45) is 14.3. The first-order valence-corrected chi connectivity index (χ1v) is 4.61. The molecule has 1 N–H and O–H groups in total. The van der Waals surface area contributed by atoms with Crippen LogP contribution in [0, 0.1) is 6.08 Å². The normalized spacial score (nSPS) is 29.2. The van der Waals surface area contributed by atoms with Crippen molar-refractivity contribution in [2.45, 2.75) is 38.0 Å². The molecule has 0 spiro atoms. The molecule has 12 heavy (non-hydrogen) atoms. The summed E-state index contributed by atoms with van der Waals surface area (Å²) in [5, 5.41) is 3.10. The van der Waals surface area contributed by atoms with Gasteiger partial charge in [0.2, 0.25) is 0 Å². The van der Waals surface area contributed by atoms with Crippen LogP contribution in [0.5, 0.6) is 0 Å². The van der Waals surface area contributed by atoms with Gasteiger partial charge in [0.25, 0.3) is 0 Å². The van der Waals surface area contributed by atoms with Crippen LogP contribution in [0.25, 0.3) is 0 Å². The highest BCUT2D eigenvalue weighted by Crippen LogP contribution is 2.22. The van der Waals surface area contributed by atoms with Crippen molar-refractivity contribution < 1.29 is 4.74 Å². The molecular weight excluding hydrogens is 150 g/mol. The predicted molar refractivity (Wildman–Crippen MR) is 47.2 cm³/mol. The number of allylic oxidation sites excluding steroid dienone is 2. The fourth-order valence-corrected chi connectivity index (χ4v) is 1.69. The molecule has 1 radical (unpaired) electrons. The zero-order chi connectivity index (χ0) is 8.23. The largest absolute Gasteiger partial charge is 0.362 e. The van der Waals surface area contributed by atoms with Crippen LogP contribution >= 0.6 is 0 Å². The molecule has 1 atom stereocenters. The summed E-state index contributed by atoms with van der Waals surface area (Å²) in [5.41, 5.74) is 0. The van der Waals surface area contributed by atoms with Crippen molar-refractivity contribution >= 4 is 0 Å². The Balaban J connectivity index is 1.78. The van der Waals surface area contributed by atoms with Gasteiger partial charge in [0.05, 0.1) is 6.10 Å². The minimum Gasteiger partial charge on any atom is -0.362 e. The Morgan fingerprint density at radius 2 is 2.17 bits per heavy atom. The Bertz CT molecular complexity index is 192. The van der Waals surface area contributed by atoms with Crippen molar-refractivity contribution in [3.8, 4) is 0 Å². The molecule has 2 nitrogen and oxygen atoms in total. The van der Waals surface area contributed by atoms with Crippen molar-refractivity contribution in [2.24, 2.45) is 0 Å². The fourth-order valence-electron chi connectivity index (χ4n) is 1.69. The van der Waals surface area contributed by atoms with Gasteiger partial charge in [-0.1, -0.05) is 18.9 Å². The van der Waals surface area contributed by atoms with E-state index in [2.05, 4.69) is 11.4 Å². The summed E-state index contributed by atoms with van der Waals surface area (Å²) in [4.78, 5) is 0. The molecule has 65 valence electrons. The Morgan fingerprint density at radius 3 is 2.83 bits per heavy atom. The Hall–Kier alpha value is -0.760. The second kappa shape index (κ2) is 3.76. The van der Waals surface area contributed by atoms with Crippen molar-refractivity contribution in [3.63, 3.8) is 0 Å². The van der Waals surface area contributed by atoms with E-state index in [0.29, 0.717) is 6.10 Å². The monoisotopic (exact) mass is 164 g/mol. The smallest absolute Gasteiger partial charge is 0.147 e. The standard InChI is InChI=1S/C10H14NO/c1-2-6-9(5-1)12-10-7-3-4-8-11-10/h3,7-11H,1-2,5-6H2. The summed E-state index contributed by atoms with van der Waals surface area (Å²) in [6.45, 7) is 0. The maximum Gasteiger partial charge on any atom is 0.147 e. The van der Waals surface area contributed by atoms with Gasteiger partial charge in [-0.25, -0.2) is 0 Å². The van der Waals surface area contributed by atoms with E-state index >= 15 is 0 Å². The lowest BCUT2D eigenvalue weighted by molar-refractivity contribution is 0.00677. The van der Waals surface area contributed by atoms with E-state index in [-0.39, 0.29) is 6.23 Å². The second-order valence-corrected chi connectivity index (χ2v) is 3.30. The first-order chi connectivity index (χ1) is 5.95. The molecule has 1 fully saturated rings. The highest BCUT2D eigenvalue weighted by atomic mass is 16.5. The molecule has 1 aliphatic heterocycles. The number of hydrogen-bond donors (Lipinski definition) is 1. The molecule has 0 saturated heterocycles. The van der Waals surface area contributed by atoms with E-state index in [0.717, 1.165) is 0 Å². The van der Waals surface area contributed by atoms with Crippen LogP contribution < -0.4 is 5.32 Å². The lowest BCUT2D eigenvalue weighted by Gasteiger charge is -2.20. The van der Waals surface area contributed by atoms with Crippen molar-refractivity contribution in [3.05, 3.63) is 24.4 Å². The van der Waals surface area contributed by atoms with E-state index in [1.807, 2.05) is 12.2 Å². The van der Waals surface area contributed by atoms with E-state index in [1.165, 1.54) is 25.7 Å². The SMILES string of the molecule is [C]1=CNC(OC2CCCC2)C=C1. The van der Waals surface area contributed by atoms with Gasteiger partial charge < -0.3 is 10.1 Å². The van der Waals surface area contributed by atoms with Gasteiger partial charge in [-0.3, -0.25) is 0 Å². The molecule has 1 heterocycles. The molecule has 2 aliphatic rings. The highest BCUT2D eigenvalue weighted by Gasteiger charge is 2.18. The molecule has 0 amide bonds. The maximum absolute atomic E-state index is 5.78. The molecular formula is C10H14NO. The fraction of sp³-hybridized carbons (Fsp3) is 0.600. The van der Waals surface area contributed by atoms with E-state index < -0.39 is 0 Å². The van der Waals surface area contributed by atoms with Crippen LogP contribution in [0.2, 0.25) is 0 Å². The quantitative estimate of drug-likeness (QED) is 0.671. The first kappa shape index (κ1) is 7.87. The molecule has 1 unspecified atom stereocenters. The van der Waals surface area contributed by atoms with Gasteiger partial charge in [-0.15, -0.1) is 0 Å². The maximum atomic E-state index is 5.78. The molecule has 1 aliphatic carbocycles. The van der Waals surface area contributed by atoms with Gasteiger partial charge in [-0.05, 0) is 25.0 Å². The van der Waals surface area contributed by atoms with E-state index in [9.17, 15) is 0 Å².